The molecule has 0 aliphatic heterocycles. The van der Waals surface area contributed by atoms with Crippen LogP contribution < -0.4 is 9.88 Å². The molecule has 0 saturated heterocycles. The van der Waals surface area contributed by atoms with Gasteiger partial charge in [-0.05, 0) is 18.2 Å². The Morgan fingerprint density at radius 1 is 1.43 bits per heavy atom. The molecule has 1 amide bonds. The van der Waals surface area contributed by atoms with E-state index in [9.17, 15) is 9.18 Å². The summed E-state index contributed by atoms with van der Waals surface area (Å²) >= 11 is 0. The van der Waals surface area contributed by atoms with Gasteiger partial charge < -0.3 is 5.32 Å². The number of amides is 1. The van der Waals surface area contributed by atoms with E-state index in [1.807, 2.05) is 26.5 Å². The summed E-state index contributed by atoms with van der Waals surface area (Å²) < 4.78 is 17.3. The molecule has 2 aromatic rings. The first-order valence-electron chi connectivity index (χ1n) is 6.53. The molecule has 1 heterocycles. The van der Waals surface area contributed by atoms with E-state index >= 15 is 0 Å². The summed E-state index contributed by atoms with van der Waals surface area (Å²) in [6.45, 7) is 1.74. The number of nitrogens with zero attached hydrogens (tertiary/aromatic N) is 4. The highest BCUT2D eigenvalue weighted by molar-refractivity contribution is 5.90. The van der Waals surface area contributed by atoms with Gasteiger partial charge in [-0.15, -0.1) is 0 Å². The van der Waals surface area contributed by atoms with Gasteiger partial charge in [0.25, 0.3) is 0 Å². The molecule has 0 unspecified atom stereocenters. The Kier molecular flexibility index (Phi) is 4.42. The van der Waals surface area contributed by atoms with Gasteiger partial charge in [0.05, 0.1) is 26.5 Å². The van der Waals surface area contributed by atoms with E-state index in [1.54, 1.807) is 16.1 Å². The van der Waals surface area contributed by atoms with E-state index in [0.717, 1.165) is 0 Å². The molecule has 7 heteroatoms. The van der Waals surface area contributed by atoms with E-state index in [2.05, 4.69) is 15.5 Å². The Morgan fingerprint density at radius 3 is 2.81 bits per heavy atom. The number of azo groups is 1. The number of carbonyl (C=O) groups is 1. The second-order valence-corrected chi connectivity index (χ2v) is 4.59. The van der Waals surface area contributed by atoms with Crippen LogP contribution in [-0.2, 0) is 18.9 Å². The van der Waals surface area contributed by atoms with Gasteiger partial charge in [-0.1, -0.05) is 12.0 Å². The minimum Gasteiger partial charge on any atom is -0.326 e. The number of hydrogen-bond donors (Lipinski definition) is 1. The van der Waals surface area contributed by atoms with Crippen molar-refractivity contribution in [1.29, 1.82) is 0 Å². The molecule has 110 valence electrons. The van der Waals surface area contributed by atoms with Crippen molar-refractivity contribution in [3.63, 3.8) is 0 Å². The van der Waals surface area contributed by atoms with E-state index in [0.29, 0.717) is 18.1 Å². The monoisotopic (exact) mass is 290 g/mol. The fraction of sp³-hybridized carbons (Fsp3) is 0.286. The van der Waals surface area contributed by atoms with Gasteiger partial charge in [-0.3, -0.25) is 4.79 Å². The summed E-state index contributed by atoms with van der Waals surface area (Å²) in [4.78, 5) is 11.3. The van der Waals surface area contributed by atoms with Gasteiger partial charge in [-0.2, -0.15) is 0 Å². The van der Waals surface area contributed by atoms with Crippen molar-refractivity contribution in [2.45, 2.75) is 13.3 Å². The maximum Gasteiger partial charge on any atom is 0.421 e. The van der Waals surface area contributed by atoms with Crippen molar-refractivity contribution in [2.24, 2.45) is 24.3 Å². The van der Waals surface area contributed by atoms with Crippen molar-refractivity contribution < 1.29 is 13.8 Å². The van der Waals surface area contributed by atoms with Gasteiger partial charge in [0.1, 0.15) is 5.69 Å². The summed E-state index contributed by atoms with van der Waals surface area (Å²) in [5.41, 5.74) is 0.568. The zero-order chi connectivity index (χ0) is 15.4. The quantitative estimate of drug-likeness (QED) is 0.683. The molecule has 0 saturated carbocycles. The number of imidazole rings is 1. The molecule has 0 radical (unpaired) electrons. The summed E-state index contributed by atoms with van der Waals surface area (Å²) in [5, 5.41) is 10.6. The van der Waals surface area contributed by atoms with Crippen LogP contribution in [0.2, 0.25) is 0 Å². The van der Waals surface area contributed by atoms with E-state index in [1.165, 1.54) is 18.2 Å². The first kappa shape index (κ1) is 14.8. The fourth-order valence-electron chi connectivity index (χ4n) is 1.74. The lowest BCUT2D eigenvalue weighted by Gasteiger charge is -2.03. The third-order valence-electron chi connectivity index (χ3n) is 2.94. The Labute approximate surface area is 121 Å². The van der Waals surface area contributed by atoms with E-state index in [4.69, 9.17) is 0 Å². The Balaban J connectivity index is 2.27. The van der Waals surface area contributed by atoms with Crippen LogP contribution >= 0.6 is 0 Å². The predicted octanol–water partition coefficient (Wildman–Crippen LogP) is 2.75. The molecule has 21 heavy (non-hydrogen) atoms. The molecule has 0 aliphatic rings. The van der Waals surface area contributed by atoms with Crippen LogP contribution in [-0.4, -0.2) is 10.5 Å². The SMILES string of the molecule is CCC(=O)Nc1ccc(F)c(N=Nc2n(C)cc[n+]2C)c1. The van der Waals surface area contributed by atoms with Crippen LogP contribution in [0, 0.1) is 5.82 Å². The molecular formula is C14H17FN5O+. The highest BCUT2D eigenvalue weighted by atomic mass is 19.1. The standard InChI is InChI=1S/C14H16FN5O/c1-4-13(21)16-10-5-6-11(15)12(9-10)17-18-14-19(2)7-8-20(14)3/h5-9H,4H2,1-3H3/p+1. The smallest absolute Gasteiger partial charge is 0.326 e. The maximum absolute atomic E-state index is 13.7. The first-order valence-corrected chi connectivity index (χ1v) is 6.53. The minimum atomic E-state index is -0.495. The maximum atomic E-state index is 13.7. The molecule has 1 N–H and O–H groups in total. The van der Waals surface area contributed by atoms with E-state index in [-0.39, 0.29) is 11.6 Å². The number of halogens is 1. The third kappa shape index (κ3) is 3.50. The summed E-state index contributed by atoms with van der Waals surface area (Å²) in [5.74, 6) is -0.0548. The van der Waals surface area contributed by atoms with Crippen LogP contribution in [0.25, 0.3) is 0 Å². The number of rotatable bonds is 4. The molecular weight excluding hydrogens is 273 g/mol. The minimum absolute atomic E-state index is 0.0742. The third-order valence-corrected chi connectivity index (χ3v) is 2.94. The van der Waals surface area contributed by atoms with Crippen molar-refractivity contribution in [3.8, 4) is 0 Å². The van der Waals surface area contributed by atoms with Crippen LogP contribution in [0.3, 0.4) is 0 Å². The van der Waals surface area contributed by atoms with Gasteiger partial charge in [0.2, 0.25) is 5.91 Å². The zero-order valence-electron chi connectivity index (χ0n) is 12.2. The molecule has 0 aliphatic carbocycles. The lowest BCUT2D eigenvalue weighted by molar-refractivity contribution is -0.657. The molecule has 0 bridgehead atoms. The van der Waals surface area contributed by atoms with Gasteiger partial charge >= 0.3 is 5.95 Å². The van der Waals surface area contributed by atoms with Crippen LogP contribution in [0.5, 0.6) is 0 Å². The fourth-order valence-corrected chi connectivity index (χ4v) is 1.74. The number of benzene rings is 1. The van der Waals surface area contributed by atoms with Crippen LogP contribution in [0.1, 0.15) is 13.3 Å². The van der Waals surface area contributed by atoms with Crippen molar-refractivity contribution in [2.75, 3.05) is 5.32 Å². The largest absolute Gasteiger partial charge is 0.421 e. The summed E-state index contributed by atoms with van der Waals surface area (Å²) in [7, 11) is 3.64. The summed E-state index contributed by atoms with van der Waals surface area (Å²) in [6.07, 6.45) is 4.00. The van der Waals surface area contributed by atoms with Crippen molar-refractivity contribution in [1.82, 2.24) is 4.57 Å². The highest BCUT2D eigenvalue weighted by Crippen LogP contribution is 2.24. The number of anilines is 1. The molecule has 1 aromatic carbocycles. The molecule has 6 nitrogen and oxygen atoms in total. The molecule has 2 rings (SSSR count). The number of aromatic nitrogens is 2. The molecule has 0 atom stereocenters. The highest BCUT2D eigenvalue weighted by Gasteiger charge is 2.12. The molecule has 0 fully saturated rings. The second kappa shape index (κ2) is 6.25. The topological polar surface area (TPSA) is 62.6 Å². The average molecular weight is 290 g/mol. The van der Waals surface area contributed by atoms with Crippen molar-refractivity contribution >= 4 is 23.2 Å². The Morgan fingerprint density at radius 2 is 2.19 bits per heavy atom. The normalized spacial score (nSPS) is 11.0. The number of hydrogen-bond acceptors (Lipinski definition) is 3. The molecule has 1 aromatic heterocycles. The number of nitrogens with one attached hydrogen (secondary N) is 1. The summed E-state index contributed by atoms with van der Waals surface area (Å²) in [6, 6.07) is 4.20. The lowest BCUT2D eigenvalue weighted by Crippen LogP contribution is -2.25. The van der Waals surface area contributed by atoms with Gasteiger partial charge in [0.15, 0.2) is 5.82 Å². The Bertz CT molecular complexity index is 673. The van der Waals surface area contributed by atoms with Gasteiger partial charge in [0, 0.05) is 17.2 Å². The number of aryl methyl sites for hydroxylation is 2. The van der Waals surface area contributed by atoms with Crippen LogP contribution in [0.4, 0.5) is 21.7 Å². The second-order valence-electron chi connectivity index (χ2n) is 4.59. The van der Waals surface area contributed by atoms with Crippen LogP contribution in [0.15, 0.2) is 40.8 Å². The Hall–Kier alpha value is -2.57. The van der Waals surface area contributed by atoms with Gasteiger partial charge in [-0.25, -0.2) is 13.5 Å². The van der Waals surface area contributed by atoms with Crippen molar-refractivity contribution in [3.05, 3.63) is 36.4 Å². The number of carbonyl (C=O) groups excluding carboxylic acids is 1. The van der Waals surface area contributed by atoms with E-state index < -0.39 is 5.82 Å². The first-order chi connectivity index (χ1) is 10.0. The molecule has 0 spiro atoms. The predicted molar refractivity (Wildman–Crippen MR) is 76.1 cm³/mol. The lowest BCUT2D eigenvalue weighted by atomic mass is 10.2. The zero-order valence-corrected chi connectivity index (χ0v) is 12.2. The average Bonchev–Trinajstić information content (AvgIpc) is 2.78.